The first-order valence-corrected chi connectivity index (χ1v) is 5.09. The molecule has 1 amide bonds. The molecule has 0 radical (unpaired) electrons. The maximum atomic E-state index is 11.3. The van der Waals surface area contributed by atoms with Gasteiger partial charge in [-0.2, -0.15) is 0 Å². The molecular formula is C12H17NO3. The third-order valence-electron chi connectivity index (χ3n) is 2.40. The van der Waals surface area contributed by atoms with Crippen LogP contribution in [0.1, 0.15) is 12.5 Å². The Balaban J connectivity index is 2.92. The molecule has 0 spiro atoms. The summed E-state index contributed by atoms with van der Waals surface area (Å²) in [5.41, 5.74) is 0.328. The van der Waals surface area contributed by atoms with E-state index in [1.54, 1.807) is 7.11 Å². The Morgan fingerprint density at radius 2 is 2.06 bits per heavy atom. The van der Waals surface area contributed by atoms with Gasteiger partial charge in [-0.15, -0.1) is 0 Å². The Hall–Kier alpha value is -1.39. The second-order valence-corrected chi connectivity index (χ2v) is 3.84. The average Bonchev–Trinajstić information content (AvgIpc) is 2.30. The molecule has 0 aliphatic carbocycles. The smallest absolute Gasteiger partial charge is 0.246 e. The van der Waals surface area contributed by atoms with Crippen molar-refractivity contribution in [3.05, 3.63) is 35.9 Å². The molecule has 0 bridgehead atoms. The highest BCUT2D eigenvalue weighted by Gasteiger charge is 2.28. The maximum Gasteiger partial charge on any atom is 0.246 e. The minimum atomic E-state index is -0.615. The number of carbonyl (C=O) groups excluding carboxylic acids is 1. The van der Waals surface area contributed by atoms with Gasteiger partial charge in [0.1, 0.15) is 6.61 Å². The topological polar surface area (TPSA) is 58.6 Å². The van der Waals surface area contributed by atoms with Gasteiger partial charge in [0.25, 0.3) is 0 Å². The molecule has 0 heterocycles. The quantitative estimate of drug-likeness (QED) is 0.771. The first-order valence-electron chi connectivity index (χ1n) is 5.09. The number of aliphatic hydroxyl groups is 1. The Labute approximate surface area is 95.2 Å². The third kappa shape index (κ3) is 3.05. The van der Waals surface area contributed by atoms with E-state index < -0.39 is 18.1 Å². The lowest BCUT2D eigenvalue weighted by Crippen LogP contribution is -2.47. The van der Waals surface area contributed by atoms with Crippen LogP contribution in [0.2, 0.25) is 0 Å². The van der Waals surface area contributed by atoms with Crippen LogP contribution in [0.3, 0.4) is 0 Å². The summed E-state index contributed by atoms with van der Waals surface area (Å²) in [6.45, 7) is 1.69. The molecule has 1 aromatic carbocycles. The van der Waals surface area contributed by atoms with Crippen LogP contribution in [0, 0.1) is 0 Å². The summed E-state index contributed by atoms with van der Waals surface area (Å²) in [5.74, 6) is -0.414. The second kappa shape index (κ2) is 5.63. The van der Waals surface area contributed by atoms with E-state index in [0.717, 1.165) is 5.56 Å². The molecule has 0 aliphatic rings. The van der Waals surface area contributed by atoms with E-state index >= 15 is 0 Å². The van der Waals surface area contributed by atoms with Crippen LogP contribution in [0.25, 0.3) is 0 Å². The SMILES string of the molecule is COCC(C)(NC(=O)CO)c1ccccc1. The summed E-state index contributed by atoms with van der Waals surface area (Å²) < 4.78 is 5.11. The molecule has 0 fully saturated rings. The van der Waals surface area contributed by atoms with Crippen molar-refractivity contribution in [2.24, 2.45) is 0 Å². The Morgan fingerprint density at radius 3 is 2.56 bits per heavy atom. The first kappa shape index (κ1) is 12.7. The van der Waals surface area contributed by atoms with E-state index in [2.05, 4.69) is 5.32 Å². The fourth-order valence-electron chi connectivity index (χ4n) is 1.63. The fourth-order valence-corrected chi connectivity index (χ4v) is 1.63. The molecule has 88 valence electrons. The molecule has 2 N–H and O–H groups in total. The minimum Gasteiger partial charge on any atom is -0.387 e. The van der Waals surface area contributed by atoms with Crippen LogP contribution in [0.15, 0.2) is 30.3 Å². The Bertz CT molecular complexity index is 339. The van der Waals surface area contributed by atoms with Crippen molar-refractivity contribution in [1.29, 1.82) is 0 Å². The number of benzene rings is 1. The molecule has 4 nitrogen and oxygen atoms in total. The molecule has 4 heteroatoms. The zero-order chi connectivity index (χ0) is 12.0. The number of hydrogen-bond acceptors (Lipinski definition) is 3. The van der Waals surface area contributed by atoms with E-state index in [9.17, 15) is 4.79 Å². The number of carbonyl (C=O) groups is 1. The van der Waals surface area contributed by atoms with E-state index in [0.29, 0.717) is 6.61 Å². The van der Waals surface area contributed by atoms with Crippen molar-refractivity contribution in [3.8, 4) is 0 Å². The molecular weight excluding hydrogens is 206 g/mol. The van der Waals surface area contributed by atoms with Crippen LogP contribution in [-0.2, 0) is 15.1 Å². The number of ether oxygens (including phenoxy) is 1. The van der Waals surface area contributed by atoms with Gasteiger partial charge in [-0.25, -0.2) is 0 Å². The van der Waals surface area contributed by atoms with Crippen molar-refractivity contribution < 1.29 is 14.6 Å². The molecule has 16 heavy (non-hydrogen) atoms. The van der Waals surface area contributed by atoms with Gasteiger partial charge in [-0.05, 0) is 12.5 Å². The van der Waals surface area contributed by atoms with Gasteiger partial charge in [-0.3, -0.25) is 4.79 Å². The van der Waals surface area contributed by atoms with Crippen LogP contribution >= 0.6 is 0 Å². The number of hydrogen-bond donors (Lipinski definition) is 2. The highest BCUT2D eigenvalue weighted by atomic mass is 16.5. The summed E-state index contributed by atoms with van der Waals surface area (Å²) in [7, 11) is 1.58. The number of nitrogens with one attached hydrogen (secondary N) is 1. The predicted molar refractivity (Wildman–Crippen MR) is 60.9 cm³/mol. The van der Waals surface area contributed by atoms with Crippen molar-refractivity contribution in [2.75, 3.05) is 20.3 Å². The van der Waals surface area contributed by atoms with Crippen molar-refractivity contribution in [1.82, 2.24) is 5.32 Å². The molecule has 1 atom stereocenters. The predicted octanol–water partition coefficient (Wildman–Crippen LogP) is 0.657. The lowest BCUT2D eigenvalue weighted by molar-refractivity contribution is -0.126. The number of methoxy groups -OCH3 is 1. The standard InChI is InChI=1S/C12H17NO3/c1-12(9-16-2,13-11(15)8-14)10-6-4-3-5-7-10/h3-7,14H,8-9H2,1-2H3,(H,13,15). The van der Waals surface area contributed by atoms with Crippen molar-refractivity contribution in [3.63, 3.8) is 0 Å². The third-order valence-corrected chi connectivity index (χ3v) is 2.40. The van der Waals surface area contributed by atoms with E-state index in [1.807, 2.05) is 37.3 Å². The van der Waals surface area contributed by atoms with Gasteiger partial charge < -0.3 is 15.2 Å². The molecule has 0 aliphatic heterocycles. The van der Waals surface area contributed by atoms with E-state index in [-0.39, 0.29) is 0 Å². The molecule has 0 aromatic heterocycles. The Morgan fingerprint density at radius 1 is 1.44 bits per heavy atom. The zero-order valence-corrected chi connectivity index (χ0v) is 9.56. The molecule has 1 unspecified atom stereocenters. The first-order chi connectivity index (χ1) is 7.62. The summed E-state index contributed by atoms with van der Waals surface area (Å²) in [5, 5.41) is 11.5. The van der Waals surface area contributed by atoms with Crippen molar-refractivity contribution >= 4 is 5.91 Å². The summed E-state index contributed by atoms with van der Waals surface area (Å²) in [4.78, 5) is 11.3. The van der Waals surface area contributed by atoms with Gasteiger partial charge in [0.15, 0.2) is 0 Å². The summed E-state index contributed by atoms with van der Waals surface area (Å²) in [6, 6.07) is 9.53. The molecule has 0 saturated heterocycles. The van der Waals surface area contributed by atoms with Gasteiger partial charge >= 0.3 is 0 Å². The number of aliphatic hydroxyl groups excluding tert-OH is 1. The van der Waals surface area contributed by atoms with E-state index in [1.165, 1.54) is 0 Å². The molecule has 0 saturated carbocycles. The normalized spacial score (nSPS) is 14.2. The average molecular weight is 223 g/mol. The highest BCUT2D eigenvalue weighted by Crippen LogP contribution is 2.20. The van der Waals surface area contributed by atoms with Gasteiger partial charge in [0.2, 0.25) is 5.91 Å². The second-order valence-electron chi connectivity index (χ2n) is 3.84. The van der Waals surface area contributed by atoms with Crippen LogP contribution in [0.5, 0.6) is 0 Å². The minimum absolute atomic E-state index is 0.350. The maximum absolute atomic E-state index is 11.3. The lowest BCUT2D eigenvalue weighted by atomic mass is 9.93. The fraction of sp³-hybridized carbons (Fsp3) is 0.417. The van der Waals surface area contributed by atoms with Crippen LogP contribution in [-0.4, -0.2) is 31.3 Å². The van der Waals surface area contributed by atoms with E-state index in [4.69, 9.17) is 9.84 Å². The van der Waals surface area contributed by atoms with Gasteiger partial charge in [0.05, 0.1) is 12.1 Å². The van der Waals surface area contributed by atoms with Gasteiger partial charge in [-0.1, -0.05) is 30.3 Å². The molecule has 1 rings (SSSR count). The Kier molecular flexibility index (Phi) is 4.46. The number of amides is 1. The van der Waals surface area contributed by atoms with Crippen LogP contribution in [0.4, 0.5) is 0 Å². The van der Waals surface area contributed by atoms with Crippen molar-refractivity contribution in [2.45, 2.75) is 12.5 Å². The summed E-state index contributed by atoms with van der Waals surface area (Å²) >= 11 is 0. The molecule has 1 aromatic rings. The monoisotopic (exact) mass is 223 g/mol. The van der Waals surface area contributed by atoms with Gasteiger partial charge in [0, 0.05) is 7.11 Å². The highest BCUT2D eigenvalue weighted by molar-refractivity contribution is 5.78. The summed E-state index contributed by atoms with van der Waals surface area (Å²) in [6.07, 6.45) is 0. The zero-order valence-electron chi connectivity index (χ0n) is 9.56. The largest absolute Gasteiger partial charge is 0.387 e. The van der Waals surface area contributed by atoms with Crippen LogP contribution < -0.4 is 5.32 Å². The lowest BCUT2D eigenvalue weighted by Gasteiger charge is -2.30. The number of rotatable bonds is 5.